The molecule has 2 saturated heterocycles. The van der Waals surface area contributed by atoms with E-state index in [1.165, 1.54) is 19.6 Å². The third-order valence-electron chi connectivity index (χ3n) is 3.93. The number of ether oxygens (including phenoxy) is 1. The van der Waals surface area contributed by atoms with Crippen LogP contribution in [0.3, 0.4) is 0 Å². The predicted molar refractivity (Wildman–Crippen MR) is 62.1 cm³/mol. The van der Waals surface area contributed by atoms with Gasteiger partial charge in [-0.1, -0.05) is 0 Å². The first-order valence-corrected chi connectivity index (χ1v) is 6.11. The van der Waals surface area contributed by atoms with Gasteiger partial charge >= 0.3 is 0 Å². The molecule has 0 aliphatic carbocycles. The predicted octanol–water partition coefficient (Wildman–Crippen LogP) is 1.19. The van der Waals surface area contributed by atoms with E-state index in [1.54, 1.807) is 0 Å². The lowest BCUT2D eigenvalue weighted by atomic mass is 9.95. The van der Waals surface area contributed by atoms with Crippen LogP contribution in [0.25, 0.3) is 0 Å². The van der Waals surface area contributed by atoms with Crippen LogP contribution < -0.4 is 0 Å². The highest BCUT2D eigenvalue weighted by molar-refractivity contribution is 4.96. The maximum Gasteiger partial charge on any atom is 0.0671 e. The quantitative estimate of drug-likeness (QED) is 0.684. The lowest BCUT2D eigenvalue weighted by molar-refractivity contribution is -0.147. The first-order chi connectivity index (χ1) is 7.03. The van der Waals surface area contributed by atoms with Crippen LogP contribution in [0.15, 0.2) is 0 Å². The van der Waals surface area contributed by atoms with Gasteiger partial charge in [0.25, 0.3) is 0 Å². The van der Waals surface area contributed by atoms with Gasteiger partial charge in [0.1, 0.15) is 0 Å². The molecule has 1 atom stereocenters. The molecule has 0 aromatic rings. The van der Waals surface area contributed by atoms with Crippen LogP contribution in [0.1, 0.15) is 27.7 Å². The second-order valence-electron chi connectivity index (χ2n) is 5.62. The molecule has 0 saturated carbocycles. The average molecular weight is 212 g/mol. The molecule has 0 bridgehead atoms. The van der Waals surface area contributed by atoms with E-state index >= 15 is 0 Å². The van der Waals surface area contributed by atoms with E-state index in [0.717, 1.165) is 13.2 Å². The van der Waals surface area contributed by atoms with Crippen LogP contribution in [0, 0.1) is 0 Å². The Kier molecular flexibility index (Phi) is 3.06. The first-order valence-electron chi connectivity index (χ1n) is 6.11. The molecule has 0 spiro atoms. The summed E-state index contributed by atoms with van der Waals surface area (Å²) in [6, 6.07) is 1.35. The fourth-order valence-corrected chi connectivity index (χ4v) is 2.81. The minimum Gasteiger partial charge on any atom is -0.377 e. The monoisotopic (exact) mass is 212 g/mol. The Morgan fingerprint density at radius 2 is 1.93 bits per heavy atom. The van der Waals surface area contributed by atoms with E-state index < -0.39 is 0 Å². The Labute approximate surface area is 93.4 Å². The van der Waals surface area contributed by atoms with Crippen LogP contribution in [-0.2, 0) is 4.74 Å². The molecule has 2 rings (SSSR count). The van der Waals surface area contributed by atoms with Crippen molar-refractivity contribution in [2.45, 2.75) is 45.3 Å². The summed E-state index contributed by atoms with van der Waals surface area (Å²) >= 11 is 0. The van der Waals surface area contributed by atoms with Crippen molar-refractivity contribution in [1.82, 2.24) is 9.80 Å². The first kappa shape index (κ1) is 11.4. The van der Waals surface area contributed by atoms with Crippen LogP contribution >= 0.6 is 0 Å². The van der Waals surface area contributed by atoms with Gasteiger partial charge < -0.3 is 4.74 Å². The van der Waals surface area contributed by atoms with E-state index in [0.29, 0.717) is 17.6 Å². The summed E-state index contributed by atoms with van der Waals surface area (Å²) in [4.78, 5) is 5.21. The number of hydrogen-bond donors (Lipinski definition) is 0. The van der Waals surface area contributed by atoms with E-state index in [4.69, 9.17) is 4.74 Å². The molecule has 0 N–H and O–H groups in total. The highest BCUT2D eigenvalue weighted by Gasteiger charge is 2.42. The normalized spacial score (nSPS) is 33.0. The van der Waals surface area contributed by atoms with Gasteiger partial charge in [-0.2, -0.15) is 0 Å². The minimum absolute atomic E-state index is 0.331. The van der Waals surface area contributed by atoms with E-state index in [9.17, 15) is 0 Å². The molecule has 3 nitrogen and oxygen atoms in total. The molecule has 0 amide bonds. The van der Waals surface area contributed by atoms with Crippen molar-refractivity contribution in [1.29, 1.82) is 0 Å². The topological polar surface area (TPSA) is 15.7 Å². The van der Waals surface area contributed by atoms with Crippen molar-refractivity contribution in [2.24, 2.45) is 0 Å². The van der Waals surface area contributed by atoms with Gasteiger partial charge in [0.2, 0.25) is 0 Å². The zero-order valence-corrected chi connectivity index (χ0v) is 10.5. The van der Waals surface area contributed by atoms with Gasteiger partial charge in [-0.15, -0.1) is 0 Å². The Hall–Kier alpha value is -0.120. The van der Waals surface area contributed by atoms with Gasteiger partial charge in [-0.05, 0) is 27.7 Å². The number of nitrogens with zero attached hydrogens (tertiary/aromatic N) is 2. The Balaban J connectivity index is 1.93. The Morgan fingerprint density at radius 3 is 2.33 bits per heavy atom. The molecule has 0 aromatic heterocycles. The summed E-state index contributed by atoms with van der Waals surface area (Å²) in [5.41, 5.74) is 0.331. The lowest BCUT2D eigenvalue weighted by Gasteiger charge is -2.52. The summed E-state index contributed by atoms with van der Waals surface area (Å²) in [7, 11) is 0. The number of piperazine rings is 1. The van der Waals surface area contributed by atoms with Crippen LogP contribution in [0.2, 0.25) is 0 Å². The molecule has 2 aliphatic heterocycles. The second-order valence-corrected chi connectivity index (χ2v) is 5.62. The van der Waals surface area contributed by atoms with Crippen LogP contribution in [0.5, 0.6) is 0 Å². The number of hydrogen-bond acceptors (Lipinski definition) is 3. The van der Waals surface area contributed by atoms with Gasteiger partial charge in [-0.25, -0.2) is 0 Å². The van der Waals surface area contributed by atoms with E-state index in [-0.39, 0.29) is 0 Å². The third-order valence-corrected chi connectivity index (χ3v) is 3.93. The average Bonchev–Trinajstić information content (AvgIpc) is 2.13. The lowest BCUT2D eigenvalue weighted by Crippen LogP contribution is -2.66. The van der Waals surface area contributed by atoms with Crippen molar-refractivity contribution in [3.8, 4) is 0 Å². The smallest absolute Gasteiger partial charge is 0.0671 e. The van der Waals surface area contributed by atoms with Crippen molar-refractivity contribution < 1.29 is 4.74 Å². The maximum atomic E-state index is 5.35. The molecular weight excluding hydrogens is 188 g/mol. The zero-order valence-electron chi connectivity index (χ0n) is 10.5. The highest BCUT2D eigenvalue weighted by atomic mass is 16.5. The fourth-order valence-electron chi connectivity index (χ4n) is 2.81. The molecule has 0 aromatic carbocycles. The minimum atomic E-state index is 0.331. The van der Waals surface area contributed by atoms with E-state index in [2.05, 4.69) is 37.5 Å². The van der Waals surface area contributed by atoms with Crippen molar-refractivity contribution in [3.63, 3.8) is 0 Å². The Morgan fingerprint density at radius 1 is 1.27 bits per heavy atom. The molecule has 15 heavy (non-hydrogen) atoms. The molecule has 2 aliphatic rings. The summed E-state index contributed by atoms with van der Waals surface area (Å²) in [6.07, 6.45) is 0. The van der Waals surface area contributed by atoms with Gasteiger partial charge in [0.15, 0.2) is 0 Å². The molecular formula is C12H24N2O. The fraction of sp³-hybridized carbons (Fsp3) is 1.00. The molecule has 2 fully saturated rings. The summed E-state index contributed by atoms with van der Waals surface area (Å²) in [5.74, 6) is 0. The second kappa shape index (κ2) is 4.04. The Bertz CT molecular complexity index is 226. The largest absolute Gasteiger partial charge is 0.377 e. The van der Waals surface area contributed by atoms with Crippen LogP contribution in [0.4, 0.5) is 0 Å². The molecule has 0 radical (unpaired) electrons. The van der Waals surface area contributed by atoms with Gasteiger partial charge in [0, 0.05) is 31.7 Å². The van der Waals surface area contributed by atoms with Crippen molar-refractivity contribution >= 4 is 0 Å². The van der Waals surface area contributed by atoms with Crippen molar-refractivity contribution in [2.75, 3.05) is 32.8 Å². The zero-order chi connectivity index (χ0) is 11.1. The maximum absolute atomic E-state index is 5.35. The summed E-state index contributed by atoms with van der Waals surface area (Å²) < 4.78 is 5.35. The molecule has 88 valence electrons. The molecule has 1 unspecified atom stereocenters. The molecule has 2 heterocycles. The van der Waals surface area contributed by atoms with E-state index in [1.807, 2.05) is 0 Å². The summed E-state index contributed by atoms with van der Waals surface area (Å²) in [6.45, 7) is 14.7. The molecule has 3 heteroatoms. The van der Waals surface area contributed by atoms with Crippen LogP contribution in [-0.4, -0.2) is 60.3 Å². The summed E-state index contributed by atoms with van der Waals surface area (Å²) in [5, 5.41) is 0. The number of rotatable bonds is 2. The van der Waals surface area contributed by atoms with Gasteiger partial charge in [0.05, 0.1) is 18.8 Å². The third kappa shape index (κ3) is 2.05. The van der Waals surface area contributed by atoms with Crippen molar-refractivity contribution in [3.05, 3.63) is 0 Å². The highest BCUT2D eigenvalue weighted by Crippen LogP contribution is 2.27. The van der Waals surface area contributed by atoms with Gasteiger partial charge in [-0.3, -0.25) is 9.80 Å². The standard InChI is InChI=1S/C12H24N2O/c1-10(2)14-6-5-13(7-11(14)3)12(4)8-15-9-12/h10-11H,5-9H2,1-4H3. The SMILES string of the molecule is CC(C)N1CCN(C2(C)COC2)CC1C.